The molecule has 0 bridgehead atoms. The number of carbonyl (C=O) groups excluding carboxylic acids is 2. The van der Waals surface area contributed by atoms with Crippen LogP contribution in [-0.4, -0.2) is 74.4 Å². The number of hydrogen-bond acceptors (Lipinski definition) is 6. The summed E-state index contributed by atoms with van der Waals surface area (Å²) in [6.07, 6.45) is -0.884. The first-order chi connectivity index (χ1) is 12.4. The third-order valence-corrected chi connectivity index (χ3v) is 4.77. The van der Waals surface area contributed by atoms with E-state index in [-0.39, 0.29) is 18.6 Å². The number of hydrogen-bond donors (Lipinski definition) is 1. The molecule has 2 heterocycles. The number of carbonyl (C=O) groups is 2. The zero-order valence-corrected chi connectivity index (χ0v) is 15.0. The highest BCUT2D eigenvalue weighted by Gasteiger charge is 2.32. The summed E-state index contributed by atoms with van der Waals surface area (Å²) in [6, 6.07) is 4.71. The van der Waals surface area contributed by atoms with E-state index in [9.17, 15) is 14.0 Å². The second kappa shape index (κ2) is 7.46. The van der Waals surface area contributed by atoms with Crippen LogP contribution < -0.4 is 15.5 Å². The molecule has 2 amide bonds. The molecule has 2 aliphatic rings. The molecule has 8 nitrogen and oxygen atoms in total. The molecule has 26 heavy (non-hydrogen) atoms. The Balaban J connectivity index is 1.76. The van der Waals surface area contributed by atoms with Crippen molar-refractivity contribution in [2.45, 2.75) is 13.0 Å². The van der Waals surface area contributed by atoms with Crippen LogP contribution in [0.15, 0.2) is 18.2 Å². The number of anilines is 2. The molecule has 1 atom stereocenters. The Labute approximate surface area is 151 Å². The van der Waals surface area contributed by atoms with Crippen LogP contribution in [0.3, 0.4) is 0 Å². The predicted molar refractivity (Wildman–Crippen MR) is 95.3 cm³/mol. The Hall–Kier alpha value is -2.39. The van der Waals surface area contributed by atoms with Crippen molar-refractivity contribution in [1.29, 1.82) is 0 Å². The predicted octanol–water partition coefficient (Wildman–Crippen LogP) is 0.625. The monoisotopic (exact) mass is 365 g/mol. The topological polar surface area (TPSA) is 82.4 Å². The molecule has 0 saturated carbocycles. The van der Waals surface area contributed by atoms with Crippen molar-refractivity contribution in [3.63, 3.8) is 0 Å². The number of amides is 2. The summed E-state index contributed by atoms with van der Waals surface area (Å²) in [4.78, 5) is 26.9. The van der Waals surface area contributed by atoms with E-state index in [0.717, 1.165) is 0 Å². The lowest BCUT2D eigenvalue weighted by molar-refractivity contribution is -0.142. The highest BCUT2D eigenvalue weighted by atomic mass is 19.1. The Morgan fingerprint density at radius 1 is 1.31 bits per heavy atom. The number of cyclic esters (lactones) is 1. The van der Waals surface area contributed by atoms with Gasteiger partial charge in [0.1, 0.15) is 11.9 Å². The number of hydrazine groups is 1. The Kier molecular flexibility index (Phi) is 5.28. The number of rotatable bonds is 3. The number of ether oxygens (including phenoxy) is 1. The van der Waals surface area contributed by atoms with Crippen LogP contribution in [0, 0.1) is 5.82 Å². The first kappa shape index (κ1) is 18.4. The lowest BCUT2D eigenvalue weighted by Crippen LogP contribution is -2.43. The van der Waals surface area contributed by atoms with Crippen LogP contribution in [0.25, 0.3) is 0 Å². The van der Waals surface area contributed by atoms with E-state index < -0.39 is 11.9 Å². The second-order valence-corrected chi connectivity index (χ2v) is 6.50. The molecular formula is C17H24FN5O3. The van der Waals surface area contributed by atoms with Gasteiger partial charge in [0, 0.05) is 40.2 Å². The third-order valence-electron chi connectivity index (χ3n) is 4.77. The smallest absolute Gasteiger partial charge is 0.414 e. The van der Waals surface area contributed by atoms with E-state index in [4.69, 9.17) is 10.5 Å². The molecule has 2 aliphatic heterocycles. The SMILES string of the molecule is CC(=O)N1CCN(c2ccc(N3C[C@H](CN)OC3=O)cc2F)CCN1C. The lowest BCUT2D eigenvalue weighted by atomic mass is 10.2. The number of nitrogens with zero attached hydrogens (tertiary/aromatic N) is 4. The van der Waals surface area contributed by atoms with Gasteiger partial charge >= 0.3 is 6.09 Å². The Morgan fingerprint density at radius 3 is 2.65 bits per heavy atom. The van der Waals surface area contributed by atoms with Crippen molar-refractivity contribution in [1.82, 2.24) is 10.0 Å². The highest BCUT2D eigenvalue weighted by Crippen LogP contribution is 2.28. The quantitative estimate of drug-likeness (QED) is 0.846. The van der Waals surface area contributed by atoms with E-state index in [1.807, 2.05) is 17.0 Å². The molecule has 0 spiro atoms. The first-order valence-electron chi connectivity index (χ1n) is 8.62. The molecular weight excluding hydrogens is 341 g/mol. The molecule has 2 saturated heterocycles. The highest BCUT2D eigenvalue weighted by molar-refractivity contribution is 5.90. The van der Waals surface area contributed by atoms with E-state index in [1.165, 1.54) is 17.9 Å². The molecule has 0 radical (unpaired) electrons. The van der Waals surface area contributed by atoms with E-state index in [2.05, 4.69) is 0 Å². The van der Waals surface area contributed by atoms with E-state index in [1.54, 1.807) is 17.1 Å². The molecule has 1 aromatic rings. The van der Waals surface area contributed by atoms with Crippen molar-refractivity contribution in [3.8, 4) is 0 Å². The van der Waals surface area contributed by atoms with Gasteiger partial charge in [-0.3, -0.25) is 14.7 Å². The fraction of sp³-hybridized carbons (Fsp3) is 0.529. The molecule has 0 unspecified atom stereocenters. The average Bonchev–Trinajstić information content (AvgIpc) is 2.87. The van der Waals surface area contributed by atoms with Crippen LogP contribution in [-0.2, 0) is 9.53 Å². The number of halogens is 1. The summed E-state index contributed by atoms with van der Waals surface area (Å²) in [7, 11) is 1.84. The zero-order chi connectivity index (χ0) is 18.8. The standard InChI is InChI=1S/C17H24FN5O3/c1-12(24)23-8-7-21(6-5-20(23)2)16-4-3-13(9-15(16)18)22-11-14(10-19)26-17(22)25/h3-4,9,14H,5-8,10-11,19H2,1-2H3/t14-/m0/s1. The first-order valence-corrected chi connectivity index (χ1v) is 8.62. The Bertz CT molecular complexity index is 701. The van der Waals surface area contributed by atoms with Crippen molar-refractivity contribution in [2.24, 2.45) is 5.73 Å². The largest absolute Gasteiger partial charge is 0.443 e. The minimum absolute atomic E-state index is 0.0350. The van der Waals surface area contributed by atoms with Crippen LogP contribution in [0.5, 0.6) is 0 Å². The van der Waals surface area contributed by atoms with Crippen molar-refractivity contribution >= 4 is 23.4 Å². The van der Waals surface area contributed by atoms with Gasteiger partial charge in [0.15, 0.2) is 0 Å². The molecule has 142 valence electrons. The summed E-state index contributed by atoms with van der Waals surface area (Å²) in [5, 5.41) is 3.50. The molecule has 0 aromatic heterocycles. The summed E-state index contributed by atoms with van der Waals surface area (Å²) in [5.74, 6) is -0.447. The normalized spacial score (nSPS) is 21.8. The molecule has 2 N–H and O–H groups in total. The zero-order valence-electron chi connectivity index (χ0n) is 15.0. The molecule has 2 fully saturated rings. The fourth-order valence-corrected chi connectivity index (χ4v) is 3.30. The fourth-order valence-electron chi connectivity index (χ4n) is 3.30. The van der Waals surface area contributed by atoms with Gasteiger partial charge in [0.2, 0.25) is 5.91 Å². The number of nitrogens with two attached hydrogens (primary N) is 1. The van der Waals surface area contributed by atoms with E-state index >= 15 is 0 Å². The second-order valence-electron chi connectivity index (χ2n) is 6.50. The summed E-state index contributed by atoms with van der Waals surface area (Å²) in [6.45, 7) is 4.29. The van der Waals surface area contributed by atoms with Crippen LogP contribution >= 0.6 is 0 Å². The summed E-state index contributed by atoms with van der Waals surface area (Å²) < 4.78 is 19.9. The van der Waals surface area contributed by atoms with Gasteiger partial charge in [-0.05, 0) is 18.2 Å². The van der Waals surface area contributed by atoms with Crippen LogP contribution in [0.2, 0.25) is 0 Å². The van der Waals surface area contributed by atoms with Crippen LogP contribution in [0.4, 0.5) is 20.6 Å². The number of benzene rings is 1. The lowest BCUT2D eigenvalue weighted by Gasteiger charge is -2.27. The maximum atomic E-state index is 14.7. The van der Waals surface area contributed by atoms with Gasteiger partial charge in [-0.2, -0.15) is 0 Å². The van der Waals surface area contributed by atoms with Gasteiger partial charge in [0.05, 0.1) is 24.5 Å². The summed E-state index contributed by atoms with van der Waals surface area (Å²) in [5.41, 5.74) is 6.43. The van der Waals surface area contributed by atoms with Crippen molar-refractivity contribution < 1.29 is 18.7 Å². The van der Waals surface area contributed by atoms with Crippen LogP contribution in [0.1, 0.15) is 6.92 Å². The molecule has 3 rings (SSSR count). The van der Waals surface area contributed by atoms with Gasteiger partial charge in [-0.1, -0.05) is 0 Å². The molecule has 1 aromatic carbocycles. The van der Waals surface area contributed by atoms with E-state index in [0.29, 0.717) is 44.1 Å². The maximum Gasteiger partial charge on any atom is 0.414 e. The van der Waals surface area contributed by atoms with Gasteiger partial charge in [0.25, 0.3) is 0 Å². The van der Waals surface area contributed by atoms with Crippen molar-refractivity contribution in [2.75, 3.05) is 56.1 Å². The average molecular weight is 365 g/mol. The van der Waals surface area contributed by atoms with Gasteiger partial charge < -0.3 is 15.4 Å². The Morgan fingerprint density at radius 2 is 2.04 bits per heavy atom. The van der Waals surface area contributed by atoms with Gasteiger partial charge in [-0.15, -0.1) is 0 Å². The third kappa shape index (κ3) is 3.58. The van der Waals surface area contributed by atoms with Crippen molar-refractivity contribution in [3.05, 3.63) is 24.0 Å². The van der Waals surface area contributed by atoms with Gasteiger partial charge in [-0.25, -0.2) is 14.2 Å². The molecule has 0 aliphatic carbocycles. The molecule has 9 heteroatoms. The summed E-state index contributed by atoms with van der Waals surface area (Å²) >= 11 is 0. The minimum atomic E-state index is -0.513. The maximum absolute atomic E-state index is 14.7. The number of likely N-dealkylation sites (N-methyl/N-ethyl adjacent to an activating group) is 1. The minimum Gasteiger partial charge on any atom is -0.443 e.